The molecule has 0 atom stereocenters. The molecule has 0 unspecified atom stereocenters. The summed E-state index contributed by atoms with van der Waals surface area (Å²) in [6.07, 6.45) is 0.186. The first-order valence-electron chi connectivity index (χ1n) is 5.99. The first kappa shape index (κ1) is 16.3. The second-order valence-electron chi connectivity index (χ2n) is 4.27. The lowest BCUT2D eigenvalue weighted by atomic mass is 10.2. The minimum atomic E-state index is -0.967. The molecular formula is C12H14FN3O5. The van der Waals surface area contributed by atoms with Crippen molar-refractivity contribution >= 4 is 23.4 Å². The van der Waals surface area contributed by atoms with Crippen molar-refractivity contribution in [1.29, 1.82) is 0 Å². The summed E-state index contributed by atoms with van der Waals surface area (Å²) >= 11 is 0. The van der Waals surface area contributed by atoms with E-state index in [1.54, 1.807) is 0 Å². The predicted octanol–water partition coefficient (Wildman–Crippen LogP) is 2.06. The second-order valence-corrected chi connectivity index (χ2v) is 4.27. The van der Waals surface area contributed by atoms with E-state index in [-0.39, 0.29) is 25.1 Å². The van der Waals surface area contributed by atoms with Crippen molar-refractivity contribution in [2.45, 2.75) is 12.8 Å². The fourth-order valence-corrected chi connectivity index (χ4v) is 1.50. The number of halogens is 1. The Kier molecular flexibility index (Phi) is 5.58. The number of nitro benzene ring substituents is 1. The van der Waals surface area contributed by atoms with Gasteiger partial charge < -0.3 is 15.3 Å². The molecule has 0 fully saturated rings. The summed E-state index contributed by atoms with van der Waals surface area (Å²) in [5, 5.41) is 21.2. The third-order valence-corrected chi connectivity index (χ3v) is 2.64. The number of anilines is 1. The highest BCUT2D eigenvalue weighted by molar-refractivity contribution is 5.89. The minimum absolute atomic E-state index is 0.0798. The molecule has 114 valence electrons. The van der Waals surface area contributed by atoms with Gasteiger partial charge in [0.25, 0.3) is 5.69 Å². The van der Waals surface area contributed by atoms with Gasteiger partial charge in [-0.05, 0) is 12.5 Å². The Morgan fingerprint density at radius 2 is 2.14 bits per heavy atom. The minimum Gasteiger partial charge on any atom is -0.481 e. The van der Waals surface area contributed by atoms with E-state index in [1.807, 2.05) is 0 Å². The fraction of sp³-hybridized carbons (Fsp3) is 0.333. The van der Waals surface area contributed by atoms with E-state index in [4.69, 9.17) is 5.11 Å². The summed E-state index contributed by atoms with van der Waals surface area (Å²) in [5.41, 5.74) is -0.601. The van der Waals surface area contributed by atoms with Crippen LogP contribution in [0.2, 0.25) is 0 Å². The quantitative estimate of drug-likeness (QED) is 0.616. The maximum atomic E-state index is 13.6. The van der Waals surface area contributed by atoms with Gasteiger partial charge >= 0.3 is 12.0 Å². The van der Waals surface area contributed by atoms with Gasteiger partial charge in [-0.25, -0.2) is 9.18 Å². The normalized spacial score (nSPS) is 10.0. The van der Waals surface area contributed by atoms with Crippen LogP contribution in [0.5, 0.6) is 0 Å². The summed E-state index contributed by atoms with van der Waals surface area (Å²) in [7, 11) is 1.43. The van der Waals surface area contributed by atoms with Crippen molar-refractivity contribution in [3.8, 4) is 0 Å². The first-order valence-corrected chi connectivity index (χ1v) is 5.99. The number of rotatable bonds is 6. The Labute approximate surface area is 119 Å². The van der Waals surface area contributed by atoms with Crippen molar-refractivity contribution in [3.05, 3.63) is 34.1 Å². The standard InChI is InChI=1S/C12H14FN3O5/c1-15(6-2-3-11(17)18)12(19)14-10-5-4-8(16(20)21)7-9(10)13/h4-5,7H,2-3,6H2,1H3,(H,14,19)(H,17,18). The van der Waals surface area contributed by atoms with Gasteiger partial charge in [0.1, 0.15) is 0 Å². The molecular weight excluding hydrogens is 285 g/mol. The number of non-ortho nitro benzene ring substituents is 1. The molecule has 0 saturated carbocycles. The van der Waals surface area contributed by atoms with Crippen LogP contribution < -0.4 is 5.32 Å². The van der Waals surface area contributed by atoms with Crippen molar-refractivity contribution < 1.29 is 24.0 Å². The van der Waals surface area contributed by atoms with Crippen LogP contribution in [-0.2, 0) is 4.79 Å². The number of carbonyl (C=O) groups is 2. The number of urea groups is 1. The maximum Gasteiger partial charge on any atom is 0.321 e. The van der Waals surface area contributed by atoms with Gasteiger partial charge in [-0.3, -0.25) is 14.9 Å². The number of aliphatic carboxylic acids is 1. The number of nitrogens with one attached hydrogen (secondary N) is 1. The number of nitrogens with zero attached hydrogens (tertiary/aromatic N) is 2. The molecule has 1 aromatic carbocycles. The Balaban J connectivity index is 2.62. The molecule has 0 bridgehead atoms. The Morgan fingerprint density at radius 1 is 1.48 bits per heavy atom. The molecule has 0 spiro atoms. The second kappa shape index (κ2) is 7.17. The Bertz CT molecular complexity index is 564. The van der Waals surface area contributed by atoms with E-state index >= 15 is 0 Å². The third-order valence-electron chi connectivity index (χ3n) is 2.64. The van der Waals surface area contributed by atoms with Crippen LogP contribution in [0.1, 0.15) is 12.8 Å². The molecule has 0 aromatic heterocycles. The SMILES string of the molecule is CN(CCCC(=O)O)C(=O)Nc1ccc([N+](=O)[O-])cc1F. The molecule has 0 heterocycles. The van der Waals surface area contributed by atoms with Crippen LogP contribution in [0.15, 0.2) is 18.2 Å². The third kappa shape index (κ3) is 5.05. The summed E-state index contributed by atoms with van der Waals surface area (Å²) in [6, 6.07) is 2.24. The Hall–Kier alpha value is -2.71. The van der Waals surface area contributed by atoms with E-state index in [2.05, 4.69) is 5.32 Å². The van der Waals surface area contributed by atoms with Crippen LogP contribution in [0.4, 0.5) is 20.6 Å². The first-order chi connectivity index (χ1) is 9.81. The molecule has 9 heteroatoms. The zero-order valence-corrected chi connectivity index (χ0v) is 11.2. The lowest BCUT2D eigenvalue weighted by Crippen LogP contribution is -2.32. The number of hydrogen-bond donors (Lipinski definition) is 2. The summed E-state index contributed by atoms with van der Waals surface area (Å²) in [6.45, 7) is 0.187. The largest absolute Gasteiger partial charge is 0.481 e. The van der Waals surface area contributed by atoms with Gasteiger partial charge in [-0.15, -0.1) is 0 Å². The number of carboxylic acids is 1. The van der Waals surface area contributed by atoms with Gasteiger partial charge in [0.2, 0.25) is 0 Å². The smallest absolute Gasteiger partial charge is 0.321 e. The van der Waals surface area contributed by atoms with Gasteiger partial charge in [0, 0.05) is 26.1 Å². The molecule has 1 aromatic rings. The zero-order valence-electron chi connectivity index (χ0n) is 11.2. The molecule has 2 amide bonds. The molecule has 0 aliphatic rings. The number of carboxylic acid groups (broad SMARTS) is 1. The van der Waals surface area contributed by atoms with Crippen LogP contribution in [0, 0.1) is 15.9 Å². The van der Waals surface area contributed by atoms with E-state index in [9.17, 15) is 24.1 Å². The highest BCUT2D eigenvalue weighted by Crippen LogP contribution is 2.20. The molecule has 0 aliphatic carbocycles. The van der Waals surface area contributed by atoms with Gasteiger partial charge in [0.15, 0.2) is 5.82 Å². The predicted molar refractivity (Wildman–Crippen MR) is 71.6 cm³/mol. The number of amides is 2. The zero-order chi connectivity index (χ0) is 16.0. The number of nitro groups is 1. The van der Waals surface area contributed by atoms with Crippen molar-refractivity contribution in [2.75, 3.05) is 18.9 Å². The van der Waals surface area contributed by atoms with Crippen molar-refractivity contribution in [3.63, 3.8) is 0 Å². The topological polar surface area (TPSA) is 113 Å². The van der Waals surface area contributed by atoms with Crippen LogP contribution in [0.3, 0.4) is 0 Å². The van der Waals surface area contributed by atoms with E-state index in [1.165, 1.54) is 11.9 Å². The molecule has 0 aliphatic heterocycles. The molecule has 21 heavy (non-hydrogen) atoms. The highest BCUT2D eigenvalue weighted by Gasteiger charge is 2.14. The monoisotopic (exact) mass is 299 g/mol. The summed E-state index contributed by atoms with van der Waals surface area (Å²) < 4.78 is 13.6. The average Bonchev–Trinajstić information content (AvgIpc) is 2.40. The lowest BCUT2D eigenvalue weighted by Gasteiger charge is -2.17. The van der Waals surface area contributed by atoms with Crippen LogP contribution in [-0.4, -0.2) is 40.5 Å². The molecule has 1 rings (SSSR count). The Morgan fingerprint density at radius 3 is 2.67 bits per heavy atom. The molecule has 0 radical (unpaired) electrons. The number of hydrogen-bond acceptors (Lipinski definition) is 4. The number of benzene rings is 1. The number of carbonyl (C=O) groups excluding carboxylic acids is 1. The van der Waals surface area contributed by atoms with Gasteiger partial charge in [0.05, 0.1) is 16.7 Å². The van der Waals surface area contributed by atoms with Crippen LogP contribution >= 0.6 is 0 Å². The van der Waals surface area contributed by atoms with E-state index < -0.39 is 28.4 Å². The summed E-state index contributed by atoms with van der Waals surface area (Å²) in [4.78, 5) is 33.0. The van der Waals surface area contributed by atoms with E-state index in [0.717, 1.165) is 12.1 Å². The highest BCUT2D eigenvalue weighted by atomic mass is 19.1. The van der Waals surface area contributed by atoms with Crippen molar-refractivity contribution in [2.24, 2.45) is 0 Å². The van der Waals surface area contributed by atoms with Crippen molar-refractivity contribution in [1.82, 2.24) is 4.90 Å². The van der Waals surface area contributed by atoms with Crippen LogP contribution in [0.25, 0.3) is 0 Å². The lowest BCUT2D eigenvalue weighted by molar-refractivity contribution is -0.385. The maximum absolute atomic E-state index is 13.6. The average molecular weight is 299 g/mol. The van der Waals surface area contributed by atoms with Gasteiger partial charge in [-0.1, -0.05) is 0 Å². The summed E-state index contributed by atoms with van der Waals surface area (Å²) in [5.74, 6) is -1.89. The molecule has 0 saturated heterocycles. The van der Waals surface area contributed by atoms with Gasteiger partial charge in [-0.2, -0.15) is 0 Å². The molecule has 2 N–H and O–H groups in total. The molecule has 8 nitrogen and oxygen atoms in total. The fourth-order valence-electron chi connectivity index (χ4n) is 1.50. The van der Waals surface area contributed by atoms with E-state index in [0.29, 0.717) is 6.07 Å².